The summed E-state index contributed by atoms with van der Waals surface area (Å²) in [5, 5.41) is 1.09. The summed E-state index contributed by atoms with van der Waals surface area (Å²) in [4.78, 5) is 3.30. The molecule has 0 amide bonds. The van der Waals surface area contributed by atoms with E-state index in [1.165, 1.54) is 68.0 Å². The average molecular weight is 273 g/mol. The van der Waals surface area contributed by atoms with Crippen molar-refractivity contribution in [3.63, 3.8) is 0 Å². The second kappa shape index (κ2) is 4.59. The molecule has 2 aliphatic heterocycles. The Labute approximate surface area is 119 Å². The van der Waals surface area contributed by atoms with Gasteiger partial charge in [-0.1, -0.05) is 0 Å². The van der Waals surface area contributed by atoms with Crippen LogP contribution in [0.15, 0.2) is 24.4 Å². The van der Waals surface area contributed by atoms with E-state index < -0.39 is 0 Å². The van der Waals surface area contributed by atoms with Crippen LogP contribution in [0.3, 0.4) is 0 Å². The van der Waals surface area contributed by atoms with Crippen molar-refractivity contribution < 1.29 is 8.87 Å². The lowest BCUT2D eigenvalue weighted by Gasteiger charge is -2.40. The van der Waals surface area contributed by atoms with Crippen LogP contribution in [-0.2, 0) is 0 Å². The monoisotopic (exact) mass is 273 g/mol. The Bertz CT molecular complexity index is 615. The molecule has 1 N–H and O–H groups in total. The number of aromatic amines is 1. The van der Waals surface area contributed by atoms with Gasteiger partial charge in [-0.3, -0.25) is 0 Å². The van der Waals surface area contributed by atoms with Crippen molar-refractivity contribution in [1.29, 1.82) is 0 Å². The van der Waals surface area contributed by atoms with Crippen molar-refractivity contribution in [2.75, 3.05) is 26.2 Å². The van der Waals surface area contributed by atoms with Gasteiger partial charge < -0.3 is 9.47 Å². The van der Waals surface area contributed by atoms with Crippen LogP contribution < -0.4 is 0 Å². The molecule has 2 fully saturated rings. The summed E-state index contributed by atoms with van der Waals surface area (Å²) in [6, 6.07) is 5.08. The maximum atomic E-state index is 13.5. The second-order valence-electron chi connectivity index (χ2n) is 6.65. The molecule has 2 aliphatic rings. The first-order valence-corrected chi connectivity index (χ1v) is 7.87. The van der Waals surface area contributed by atoms with Crippen LogP contribution in [0.1, 0.15) is 37.2 Å². The third kappa shape index (κ3) is 1.96. The highest BCUT2D eigenvalue weighted by atomic mass is 19.1. The van der Waals surface area contributed by atoms with E-state index in [-0.39, 0.29) is 5.82 Å². The molecule has 20 heavy (non-hydrogen) atoms. The molecule has 1 aromatic heterocycles. The van der Waals surface area contributed by atoms with E-state index >= 15 is 0 Å². The Kier molecular flexibility index (Phi) is 2.84. The number of hydrogen-bond acceptors (Lipinski definition) is 0. The summed E-state index contributed by atoms with van der Waals surface area (Å²) in [6.45, 7) is 5.39. The first kappa shape index (κ1) is 12.4. The fourth-order valence-corrected chi connectivity index (χ4v) is 4.33. The van der Waals surface area contributed by atoms with Crippen molar-refractivity contribution in [3.05, 3.63) is 35.8 Å². The van der Waals surface area contributed by atoms with E-state index in [1.807, 2.05) is 6.07 Å². The quantitative estimate of drug-likeness (QED) is 0.761. The van der Waals surface area contributed by atoms with Gasteiger partial charge in [0.1, 0.15) is 5.82 Å². The van der Waals surface area contributed by atoms with Gasteiger partial charge in [-0.05, 0) is 29.7 Å². The lowest BCUT2D eigenvalue weighted by atomic mass is 9.88. The highest BCUT2D eigenvalue weighted by molar-refractivity contribution is 5.83. The number of halogens is 1. The number of hydrogen-bond donors (Lipinski definition) is 1. The Morgan fingerprint density at radius 1 is 1.05 bits per heavy atom. The van der Waals surface area contributed by atoms with Crippen molar-refractivity contribution >= 4 is 10.9 Å². The van der Waals surface area contributed by atoms with Gasteiger partial charge in [-0.2, -0.15) is 0 Å². The van der Waals surface area contributed by atoms with Crippen LogP contribution in [0.5, 0.6) is 0 Å². The molecule has 2 saturated heterocycles. The van der Waals surface area contributed by atoms with Crippen molar-refractivity contribution in [3.8, 4) is 0 Å². The predicted molar refractivity (Wildman–Crippen MR) is 79.2 cm³/mol. The molecule has 2 aromatic rings. The highest BCUT2D eigenvalue weighted by Gasteiger charge is 2.37. The van der Waals surface area contributed by atoms with E-state index in [4.69, 9.17) is 0 Å². The van der Waals surface area contributed by atoms with Gasteiger partial charge >= 0.3 is 0 Å². The van der Waals surface area contributed by atoms with E-state index in [0.29, 0.717) is 5.92 Å². The normalized spacial score (nSPS) is 22.9. The topological polar surface area (TPSA) is 15.8 Å². The Morgan fingerprint density at radius 2 is 1.80 bits per heavy atom. The third-order valence-electron chi connectivity index (χ3n) is 5.53. The Morgan fingerprint density at radius 3 is 2.55 bits per heavy atom. The summed E-state index contributed by atoms with van der Waals surface area (Å²) >= 11 is 0. The van der Waals surface area contributed by atoms with E-state index in [0.717, 1.165) is 10.9 Å². The number of H-pyrrole nitrogens is 1. The lowest BCUT2D eigenvalue weighted by molar-refractivity contribution is -0.921. The maximum absolute atomic E-state index is 13.5. The molecule has 0 radical (unpaired) electrons. The second-order valence-corrected chi connectivity index (χ2v) is 6.65. The van der Waals surface area contributed by atoms with Gasteiger partial charge in [0.15, 0.2) is 0 Å². The number of rotatable bonds is 1. The number of quaternary nitrogens is 1. The summed E-state index contributed by atoms with van der Waals surface area (Å²) in [5.74, 6) is 0.479. The van der Waals surface area contributed by atoms with Gasteiger partial charge in [0.05, 0.1) is 26.2 Å². The first-order valence-electron chi connectivity index (χ1n) is 7.87. The maximum Gasteiger partial charge on any atom is 0.123 e. The largest absolute Gasteiger partial charge is 0.361 e. The van der Waals surface area contributed by atoms with E-state index in [9.17, 15) is 4.39 Å². The minimum atomic E-state index is -0.128. The van der Waals surface area contributed by atoms with Crippen LogP contribution in [0.4, 0.5) is 4.39 Å². The summed E-state index contributed by atoms with van der Waals surface area (Å²) < 4.78 is 14.8. The molecule has 106 valence electrons. The Balaban J connectivity index is 1.60. The minimum Gasteiger partial charge on any atom is -0.361 e. The predicted octanol–water partition coefficient (Wildman–Crippen LogP) is 3.80. The molecular formula is C17H22FN2+. The number of nitrogens with zero attached hydrogens (tertiary/aromatic N) is 1. The molecule has 0 atom stereocenters. The molecule has 2 nitrogen and oxygen atoms in total. The standard InChI is InChI=1S/C17H22FN2/c18-14-3-4-17-15(11-14)16(12-19-17)13-5-9-20(10-6-13)7-1-2-8-20/h3-4,11-13,19H,1-2,5-10H2/q+1. The zero-order chi connectivity index (χ0) is 13.6. The summed E-state index contributed by atoms with van der Waals surface area (Å²) in [7, 11) is 0. The third-order valence-corrected chi connectivity index (χ3v) is 5.53. The molecule has 3 heteroatoms. The molecule has 0 unspecified atom stereocenters. The number of benzene rings is 1. The minimum absolute atomic E-state index is 0.128. The molecule has 0 saturated carbocycles. The van der Waals surface area contributed by atoms with E-state index in [2.05, 4.69) is 11.2 Å². The number of piperidine rings is 1. The molecule has 1 aromatic carbocycles. The van der Waals surface area contributed by atoms with Gasteiger partial charge in [0.25, 0.3) is 0 Å². The number of fused-ring (bicyclic) bond motifs is 1. The molecule has 3 heterocycles. The molecule has 1 spiro atoms. The molecular weight excluding hydrogens is 251 g/mol. The van der Waals surface area contributed by atoms with E-state index in [1.54, 1.807) is 6.07 Å². The smallest absolute Gasteiger partial charge is 0.123 e. The highest BCUT2D eigenvalue weighted by Crippen LogP contribution is 2.37. The lowest BCUT2D eigenvalue weighted by Crippen LogP contribution is -2.50. The van der Waals surface area contributed by atoms with Crippen LogP contribution in [0.2, 0.25) is 0 Å². The zero-order valence-corrected chi connectivity index (χ0v) is 11.9. The number of aromatic nitrogens is 1. The first-order chi connectivity index (χ1) is 9.76. The van der Waals surface area contributed by atoms with Crippen LogP contribution in [0, 0.1) is 5.82 Å². The van der Waals surface area contributed by atoms with Crippen molar-refractivity contribution in [2.24, 2.45) is 0 Å². The van der Waals surface area contributed by atoms with Crippen molar-refractivity contribution in [2.45, 2.75) is 31.6 Å². The molecule has 4 rings (SSSR count). The fourth-order valence-electron chi connectivity index (χ4n) is 4.33. The number of nitrogens with one attached hydrogen (secondary N) is 1. The summed E-state index contributed by atoms with van der Waals surface area (Å²) in [6.07, 6.45) is 7.42. The van der Waals surface area contributed by atoms with Crippen LogP contribution in [-0.4, -0.2) is 35.6 Å². The molecule has 0 aliphatic carbocycles. The average Bonchev–Trinajstić information content (AvgIpc) is 3.07. The SMILES string of the molecule is Fc1ccc2[nH]cc(C3CC[N+]4(CCCC4)CC3)c2c1. The molecule has 0 bridgehead atoms. The zero-order valence-electron chi connectivity index (χ0n) is 11.9. The van der Waals surface area contributed by atoms with Gasteiger partial charge in [0.2, 0.25) is 0 Å². The Hall–Kier alpha value is -1.35. The van der Waals surface area contributed by atoms with Gasteiger partial charge in [0, 0.05) is 42.8 Å². The van der Waals surface area contributed by atoms with Crippen LogP contribution >= 0.6 is 0 Å². The van der Waals surface area contributed by atoms with Crippen LogP contribution in [0.25, 0.3) is 10.9 Å². The van der Waals surface area contributed by atoms with Crippen molar-refractivity contribution in [1.82, 2.24) is 4.98 Å². The summed E-state index contributed by atoms with van der Waals surface area (Å²) in [5.41, 5.74) is 2.40. The van der Waals surface area contributed by atoms with Gasteiger partial charge in [-0.25, -0.2) is 4.39 Å². The fraction of sp³-hybridized carbons (Fsp3) is 0.529. The van der Waals surface area contributed by atoms with Gasteiger partial charge in [-0.15, -0.1) is 0 Å².